The van der Waals surface area contributed by atoms with Crippen LogP contribution >= 0.6 is 11.8 Å². The molecule has 0 spiro atoms. The van der Waals surface area contributed by atoms with E-state index in [1.165, 1.54) is 36.7 Å². The predicted octanol–water partition coefficient (Wildman–Crippen LogP) is -4.02. The van der Waals surface area contributed by atoms with Crippen LogP contribution in [0, 0.1) is 0 Å². The average Bonchev–Trinajstić information content (AvgIpc) is 3.07. The molecule has 2 amide bonds. The Morgan fingerprint density at radius 1 is 1.19 bits per heavy atom. The second-order valence-corrected chi connectivity index (χ2v) is 11.6. The number of carbonyl (C=O) groups is 4. The minimum Gasteiger partial charge on any atom is -0.547 e. The number of hydrogen-bond donors (Lipinski definition) is 2. The minimum absolute atomic E-state index is 0. The van der Waals surface area contributed by atoms with Crippen LogP contribution in [0.3, 0.4) is 0 Å². The van der Waals surface area contributed by atoms with Gasteiger partial charge >= 0.3 is 57.4 Å². The summed E-state index contributed by atoms with van der Waals surface area (Å²) in [6, 6.07) is -2.34. The van der Waals surface area contributed by atoms with Crippen molar-refractivity contribution in [3.05, 3.63) is 11.8 Å². The maximum absolute atomic E-state index is 12.3. The molecule has 2 N–H and O–H groups in total. The van der Waals surface area contributed by atoms with E-state index in [2.05, 4.69) is 9.89 Å². The van der Waals surface area contributed by atoms with Crippen molar-refractivity contribution in [3.8, 4) is 0 Å². The number of amides is 2. The van der Waals surface area contributed by atoms with Crippen molar-refractivity contribution in [1.82, 2.24) is 14.7 Å². The molecule has 37 heavy (non-hydrogen) atoms. The summed E-state index contributed by atoms with van der Waals surface area (Å²) in [6.45, 7) is 5.44. The summed E-state index contributed by atoms with van der Waals surface area (Å²) < 4.78 is 4.66. The van der Waals surface area contributed by atoms with Crippen molar-refractivity contribution in [1.29, 1.82) is 0 Å². The third-order valence-corrected chi connectivity index (χ3v) is 8.52. The van der Waals surface area contributed by atoms with Gasteiger partial charge in [0.1, 0.15) is 23.2 Å². The summed E-state index contributed by atoms with van der Waals surface area (Å²) in [7, 11) is 0. The van der Waals surface area contributed by atoms with E-state index >= 15 is 0 Å². The molecule has 0 saturated carbocycles. The van der Waals surface area contributed by atoms with Crippen LogP contribution in [0.4, 0.5) is 0 Å². The third kappa shape index (κ3) is 6.04. The number of hydrogen-bond acceptors (Lipinski definition) is 9. The van der Waals surface area contributed by atoms with Gasteiger partial charge in [0.05, 0.1) is 25.3 Å². The van der Waals surface area contributed by atoms with Gasteiger partial charge in [-0.2, -0.15) is 0 Å². The van der Waals surface area contributed by atoms with Crippen LogP contribution in [-0.2, 0) is 23.9 Å². The van der Waals surface area contributed by atoms with E-state index < -0.39 is 41.0 Å². The fourth-order valence-corrected chi connectivity index (χ4v) is 6.78. The van der Waals surface area contributed by atoms with Crippen molar-refractivity contribution in [3.63, 3.8) is 0 Å². The van der Waals surface area contributed by atoms with Gasteiger partial charge in [-0.05, 0) is 32.8 Å². The molecule has 5 aliphatic rings. The number of aliphatic hydroxyl groups excluding tert-OH is 1. The maximum Gasteiger partial charge on any atom is 1.00 e. The van der Waals surface area contributed by atoms with Gasteiger partial charge < -0.3 is 34.7 Å². The number of aliphatic carboxylic acids is 2. The Kier molecular flexibility index (Phi) is 10.1. The molecule has 0 aromatic rings. The van der Waals surface area contributed by atoms with Crippen LogP contribution in [-0.4, -0.2) is 109 Å². The summed E-state index contributed by atoms with van der Waals surface area (Å²) in [5.74, 6) is -2.65. The number of aliphatic imine (C=N–C) groups is 1. The molecule has 198 valence electrons. The van der Waals surface area contributed by atoms with Crippen LogP contribution < -0.4 is 56.5 Å². The van der Waals surface area contributed by atoms with Gasteiger partial charge in [0.25, 0.3) is 5.91 Å². The average molecular weight is 563 g/mol. The van der Waals surface area contributed by atoms with Crippen molar-refractivity contribution < 1.29 is 90.6 Å². The van der Waals surface area contributed by atoms with E-state index in [9.17, 15) is 29.4 Å². The number of fused-ring (bicyclic) bond motifs is 2. The molecule has 5 rings (SSSR count). The van der Waals surface area contributed by atoms with Crippen LogP contribution in [0.5, 0.6) is 0 Å². The van der Waals surface area contributed by atoms with E-state index in [1.54, 1.807) is 11.8 Å². The first kappa shape index (κ1) is 30.4. The SMILES string of the molecule is CC1(C)S[C@@H]2[C@H](N=CN3CCCCCC3)C(=O)N2[C@H]1C(=O)O.O=C([O-])[C@H]1/C(=C/CO)O[C@@H]2CC(=O)N21.[K+]. The van der Waals surface area contributed by atoms with Gasteiger partial charge in [-0.15, -0.1) is 11.8 Å². The quantitative estimate of drug-likeness (QED) is 0.146. The molecule has 14 heteroatoms. The number of rotatable bonds is 5. The Labute approximate surface area is 261 Å². The van der Waals surface area contributed by atoms with Gasteiger partial charge in [-0.25, -0.2) is 4.79 Å². The summed E-state index contributed by atoms with van der Waals surface area (Å²) in [5, 5.41) is 28.6. The Balaban J connectivity index is 0.000000220. The Morgan fingerprint density at radius 2 is 1.84 bits per heavy atom. The summed E-state index contributed by atoms with van der Waals surface area (Å²) in [4.78, 5) is 54.8. The maximum atomic E-state index is 12.3. The Morgan fingerprint density at radius 3 is 2.38 bits per heavy atom. The number of carboxylic acid groups (broad SMARTS) is 2. The number of β-lactam (4-membered cyclic amide) rings is 2. The van der Waals surface area contributed by atoms with Gasteiger partial charge in [0, 0.05) is 17.8 Å². The third-order valence-electron chi connectivity index (χ3n) is 6.96. The second kappa shape index (κ2) is 12.3. The molecule has 0 unspecified atom stereocenters. The number of carboxylic acids is 2. The van der Waals surface area contributed by atoms with Gasteiger partial charge in [0.15, 0.2) is 12.3 Å². The topological polar surface area (TPSA) is 163 Å². The van der Waals surface area contributed by atoms with E-state index in [4.69, 9.17) is 9.84 Å². The molecule has 0 aliphatic carbocycles. The molecule has 5 atom stereocenters. The molecule has 0 bridgehead atoms. The normalized spacial score (nSPS) is 32.8. The van der Waals surface area contributed by atoms with E-state index in [0.29, 0.717) is 0 Å². The fraction of sp³-hybridized carbons (Fsp3) is 0.696. The van der Waals surface area contributed by atoms with Gasteiger partial charge in [-0.1, -0.05) is 12.8 Å². The molecule has 5 aliphatic heterocycles. The number of carbonyl (C=O) groups excluding carboxylic acids is 3. The molecular weight excluding hydrogens is 531 g/mol. The van der Waals surface area contributed by atoms with Crippen LogP contribution in [0.2, 0.25) is 0 Å². The van der Waals surface area contributed by atoms with Crippen LogP contribution in [0.15, 0.2) is 16.8 Å². The van der Waals surface area contributed by atoms with E-state index in [1.807, 2.05) is 20.2 Å². The summed E-state index contributed by atoms with van der Waals surface area (Å²) in [5.41, 5.74) is 0. The standard InChI is InChI=1S/C15H23N3O3S.C8H9NO5.K/c1-15(2)11(14(20)21)18-12(19)10(13(18)22-15)16-9-17-7-5-3-4-6-8-17;10-2-1-4-7(8(12)13)9-5(11)3-6(9)14-4;/h9-11,13H,3-8H2,1-2H3,(H,20,21);1,6-7,10H,2-3H2,(H,12,13);/q;;+1/p-1/b;4-1-;/t10-,11+,13-;6-,7-;/m11./s1. The fourth-order valence-electron chi connectivity index (χ4n) is 5.15. The van der Waals surface area contributed by atoms with Crippen molar-refractivity contribution >= 4 is 41.9 Å². The van der Waals surface area contributed by atoms with Gasteiger partial charge in [0.2, 0.25) is 5.91 Å². The molecule has 0 aromatic carbocycles. The monoisotopic (exact) mass is 562 g/mol. The molecule has 5 fully saturated rings. The summed E-state index contributed by atoms with van der Waals surface area (Å²) >= 11 is 1.55. The minimum atomic E-state index is -1.39. The molecule has 0 aromatic heterocycles. The zero-order valence-corrected chi connectivity index (χ0v) is 25.2. The van der Waals surface area contributed by atoms with Crippen molar-refractivity contribution in [2.75, 3.05) is 19.7 Å². The van der Waals surface area contributed by atoms with E-state index in [0.717, 1.165) is 18.0 Å². The number of likely N-dealkylation sites (tertiary alicyclic amines) is 1. The first-order valence-electron chi connectivity index (χ1n) is 12.1. The van der Waals surface area contributed by atoms with E-state index in [-0.39, 0.29) is 87.4 Å². The first-order valence-corrected chi connectivity index (χ1v) is 12.9. The van der Waals surface area contributed by atoms with Crippen molar-refractivity contribution in [2.45, 2.75) is 80.4 Å². The van der Waals surface area contributed by atoms with Crippen molar-refractivity contribution in [2.24, 2.45) is 4.99 Å². The molecule has 0 radical (unpaired) electrons. The summed E-state index contributed by atoms with van der Waals surface area (Å²) in [6.07, 6.45) is 7.58. The Bertz CT molecular complexity index is 984. The molecule has 12 nitrogen and oxygen atoms in total. The number of thioether (sulfide) groups is 1. The van der Waals surface area contributed by atoms with Crippen LogP contribution in [0.1, 0.15) is 46.0 Å². The zero-order chi connectivity index (χ0) is 26.2. The first-order chi connectivity index (χ1) is 17.1. The molecule has 5 saturated heterocycles. The number of nitrogens with zero attached hydrogens (tertiary/aromatic N) is 4. The predicted molar refractivity (Wildman–Crippen MR) is 126 cm³/mol. The van der Waals surface area contributed by atoms with Crippen LogP contribution in [0.25, 0.3) is 0 Å². The largest absolute Gasteiger partial charge is 1.00 e. The number of aliphatic hydroxyl groups is 1. The smallest absolute Gasteiger partial charge is 0.547 e. The van der Waals surface area contributed by atoms with Gasteiger partial charge in [-0.3, -0.25) is 19.5 Å². The Hall–Kier alpha value is -1.16. The molecular formula is C23H31KN4O8S. The number of ether oxygens (including phenoxy) is 1. The molecule has 5 heterocycles. The second-order valence-electron chi connectivity index (χ2n) is 9.85. The zero-order valence-electron chi connectivity index (χ0n) is 21.2.